The number of anilines is 1. The van der Waals surface area contributed by atoms with E-state index in [-0.39, 0.29) is 18.9 Å². The number of thiophene rings is 1. The van der Waals surface area contributed by atoms with E-state index in [4.69, 9.17) is 5.11 Å². The third-order valence-electron chi connectivity index (χ3n) is 3.23. The maximum Gasteiger partial charge on any atom is 0.305 e. The van der Waals surface area contributed by atoms with E-state index < -0.39 is 5.97 Å². The molecule has 1 N–H and O–H groups in total. The molecule has 110 valence electrons. The van der Waals surface area contributed by atoms with Gasteiger partial charge in [0.05, 0.1) is 12.0 Å². The van der Waals surface area contributed by atoms with Crippen molar-refractivity contribution >= 4 is 28.9 Å². The number of carboxylic acids is 1. The van der Waals surface area contributed by atoms with Gasteiger partial charge in [-0.3, -0.25) is 9.59 Å². The first-order valence-electron chi connectivity index (χ1n) is 6.62. The van der Waals surface area contributed by atoms with Crippen LogP contribution < -0.4 is 4.90 Å². The second kappa shape index (κ2) is 6.54. The van der Waals surface area contributed by atoms with Crippen LogP contribution in [0.15, 0.2) is 35.0 Å². The maximum atomic E-state index is 12.7. The molecule has 0 bridgehead atoms. The minimum Gasteiger partial charge on any atom is -0.481 e. The van der Waals surface area contributed by atoms with Crippen LogP contribution >= 0.6 is 11.3 Å². The van der Waals surface area contributed by atoms with Crippen LogP contribution in [0.1, 0.15) is 27.9 Å². The first-order chi connectivity index (χ1) is 9.99. The summed E-state index contributed by atoms with van der Waals surface area (Å²) in [6.07, 6.45) is -0.0806. The van der Waals surface area contributed by atoms with Crippen molar-refractivity contribution in [3.63, 3.8) is 0 Å². The summed E-state index contributed by atoms with van der Waals surface area (Å²) in [4.78, 5) is 25.0. The molecule has 1 aromatic carbocycles. The van der Waals surface area contributed by atoms with Gasteiger partial charge in [-0.1, -0.05) is 17.7 Å². The quantitative estimate of drug-likeness (QED) is 0.920. The third-order valence-corrected chi connectivity index (χ3v) is 4.09. The van der Waals surface area contributed by atoms with Gasteiger partial charge < -0.3 is 10.0 Å². The number of carboxylic acid groups (broad SMARTS) is 1. The topological polar surface area (TPSA) is 57.6 Å². The predicted molar refractivity (Wildman–Crippen MR) is 84.2 cm³/mol. The van der Waals surface area contributed by atoms with Crippen molar-refractivity contribution in [3.05, 3.63) is 51.7 Å². The lowest BCUT2D eigenvalue weighted by Gasteiger charge is -2.22. The van der Waals surface area contributed by atoms with Crippen LogP contribution in [0.4, 0.5) is 5.69 Å². The van der Waals surface area contributed by atoms with Crippen molar-refractivity contribution < 1.29 is 14.7 Å². The summed E-state index contributed by atoms with van der Waals surface area (Å²) in [6.45, 7) is 4.01. The summed E-state index contributed by atoms with van der Waals surface area (Å²) in [5, 5.41) is 12.6. The van der Waals surface area contributed by atoms with Gasteiger partial charge in [-0.05, 0) is 36.9 Å². The average molecular weight is 303 g/mol. The van der Waals surface area contributed by atoms with Gasteiger partial charge in [0.1, 0.15) is 0 Å². The molecule has 0 aliphatic rings. The molecule has 0 aliphatic carbocycles. The van der Waals surface area contributed by atoms with Gasteiger partial charge in [0.25, 0.3) is 5.91 Å². The zero-order valence-corrected chi connectivity index (χ0v) is 12.8. The highest BCUT2D eigenvalue weighted by atomic mass is 32.1. The Labute approximate surface area is 127 Å². The Morgan fingerprint density at radius 3 is 2.33 bits per heavy atom. The highest BCUT2D eigenvalue weighted by Crippen LogP contribution is 2.22. The van der Waals surface area contributed by atoms with Gasteiger partial charge in [0.2, 0.25) is 0 Å². The normalized spacial score (nSPS) is 10.4. The Balaban J connectivity index is 2.31. The SMILES string of the molecule is Cc1ccc(N(CCC(=O)O)C(=O)c2cscc2C)cc1. The van der Waals surface area contributed by atoms with Crippen molar-refractivity contribution in [2.45, 2.75) is 20.3 Å². The van der Waals surface area contributed by atoms with Crippen molar-refractivity contribution in [2.24, 2.45) is 0 Å². The molecule has 4 nitrogen and oxygen atoms in total. The van der Waals surface area contributed by atoms with Crippen LogP contribution in [-0.4, -0.2) is 23.5 Å². The molecular formula is C16H17NO3S. The minimum atomic E-state index is -0.915. The summed E-state index contributed by atoms with van der Waals surface area (Å²) < 4.78 is 0. The van der Waals surface area contributed by atoms with E-state index in [0.717, 1.165) is 16.8 Å². The molecule has 0 atom stereocenters. The second-order valence-electron chi connectivity index (χ2n) is 4.90. The Kier molecular flexibility index (Phi) is 4.75. The van der Waals surface area contributed by atoms with Gasteiger partial charge in [0.15, 0.2) is 0 Å². The average Bonchev–Trinajstić information content (AvgIpc) is 2.86. The van der Waals surface area contributed by atoms with Crippen LogP contribution in [0.2, 0.25) is 0 Å². The highest BCUT2D eigenvalue weighted by Gasteiger charge is 2.20. The molecule has 0 aliphatic heterocycles. The molecule has 21 heavy (non-hydrogen) atoms. The number of nitrogens with zero attached hydrogens (tertiary/aromatic N) is 1. The number of hydrogen-bond acceptors (Lipinski definition) is 3. The maximum absolute atomic E-state index is 12.7. The molecule has 0 radical (unpaired) electrons. The fourth-order valence-corrected chi connectivity index (χ4v) is 2.83. The lowest BCUT2D eigenvalue weighted by molar-refractivity contribution is -0.136. The van der Waals surface area contributed by atoms with Crippen LogP contribution in [-0.2, 0) is 4.79 Å². The standard InChI is InChI=1S/C16H17NO3S/c1-11-3-5-13(6-4-11)17(8-7-15(18)19)16(20)14-10-21-9-12(14)2/h3-6,9-10H,7-8H2,1-2H3,(H,18,19). The van der Waals surface area contributed by atoms with Crippen molar-refractivity contribution in [1.82, 2.24) is 0 Å². The molecule has 0 unspecified atom stereocenters. The molecule has 5 heteroatoms. The van der Waals surface area contributed by atoms with Crippen LogP contribution in [0.5, 0.6) is 0 Å². The first-order valence-corrected chi connectivity index (χ1v) is 7.56. The number of amides is 1. The molecule has 0 spiro atoms. The summed E-state index contributed by atoms with van der Waals surface area (Å²) >= 11 is 1.47. The smallest absolute Gasteiger partial charge is 0.305 e. The summed E-state index contributed by atoms with van der Waals surface area (Å²) in [5.41, 5.74) is 3.36. The first kappa shape index (κ1) is 15.3. The van der Waals surface area contributed by atoms with Crippen LogP contribution in [0.3, 0.4) is 0 Å². The minimum absolute atomic E-state index is 0.0806. The highest BCUT2D eigenvalue weighted by molar-refractivity contribution is 7.08. The van der Waals surface area contributed by atoms with Crippen LogP contribution in [0.25, 0.3) is 0 Å². The van der Waals surface area contributed by atoms with Gasteiger partial charge in [-0.15, -0.1) is 0 Å². The zero-order chi connectivity index (χ0) is 15.4. The molecular weight excluding hydrogens is 286 g/mol. The number of hydrogen-bond donors (Lipinski definition) is 1. The van der Waals surface area contributed by atoms with Gasteiger partial charge in [-0.25, -0.2) is 0 Å². The van der Waals surface area contributed by atoms with Gasteiger partial charge >= 0.3 is 5.97 Å². The largest absolute Gasteiger partial charge is 0.481 e. The molecule has 0 saturated carbocycles. The van der Waals surface area contributed by atoms with Crippen molar-refractivity contribution in [1.29, 1.82) is 0 Å². The monoisotopic (exact) mass is 303 g/mol. The molecule has 0 fully saturated rings. The van der Waals surface area contributed by atoms with E-state index in [9.17, 15) is 9.59 Å². The Hall–Kier alpha value is -2.14. The lowest BCUT2D eigenvalue weighted by Crippen LogP contribution is -2.33. The van der Waals surface area contributed by atoms with E-state index in [0.29, 0.717) is 5.56 Å². The lowest BCUT2D eigenvalue weighted by atomic mass is 10.1. The summed E-state index contributed by atoms with van der Waals surface area (Å²) in [6, 6.07) is 7.52. The van der Waals surface area contributed by atoms with E-state index >= 15 is 0 Å². The van der Waals surface area contributed by atoms with E-state index in [2.05, 4.69) is 0 Å². The fourth-order valence-electron chi connectivity index (χ4n) is 2.01. The molecule has 1 heterocycles. The Morgan fingerprint density at radius 2 is 1.81 bits per heavy atom. The number of carbonyl (C=O) groups excluding carboxylic acids is 1. The third kappa shape index (κ3) is 3.70. The Morgan fingerprint density at radius 1 is 1.14 bits per heavy atom. The summed E-state index contributed by atoms with van der Waals surface area (Å²) in [5.74, 6) is -1.07. The van der Waals surface area contributed by atoms with E-state index in [1.165, 1.54) is 16.2 Å². The van der Waals surface area contributed by atoms with Gasteiger partial charge in [0, 0.05) is 17.6 Å². The van der Waals surface area contributed by atoms with Crippen molar-refractivity contribution in [3.8, 4) is 0 Å². The molecule has 1 aromatic heterocycles. The molecule has 0 saturated heterocycles. The van der Waals surface area contributed by atoms with E-state index in [1.807, 2.05) is 43.5 Å². The molecule has 2 aromatic rings. The Bertz CT molecular complexity index is 646. The van der Waals surface area contributed by atoms with E-state index in [1.54, 1.807) is 5.38 Å². The fraction of sp³-hybridized carbons (Fsp3) is 0.250. The second-order valence-corrected chi connectivity index (χ2v) is 5.65. The molecule has 1 amide bonds. The van der Waals surface area contributed by atoms with Crippen molar-refractivity contribution in [2.75, 3.05) is 11.4 Å². The predicted octanol–water partition coefficient (Wildman–Crippen LogP) is 3.49. The zero-order valence-electron chi connectivity index (χ0n) is 12.0. The number of carbonyl (C=O) groups is 2. The number of benzene rings is 1. The summed E-state index contributed by atoms with van der Waals surface area (Å²) in [7, 11) is 0. The van der Waals surface area contributed by atoms with Crippen LogP contribution in [0, 0.1) is 13.8 Å². The van der Waals surface area contributed by atoms with Gasteiger partial charge in [-0.2, -0.15) is 11.3 Å². The number of aryl methyl sites for hydroxylation is 2. The molecule has 2 rings (SSSR count). The number of rotatable bonds is 5. The number of aliphatic carboxylic acids is 1.